The summed E-state index contributed by atoms with van der Waals surface area (Å²) in [6.07, 6.45) is 2.42. The second-order valence-corrected chi connectivity index (χ2v) is 9.61. The number of amides is 2. The number of carbonyl (C=O) groups excluding carboxylic acids is 2. The molecular formula is C27H30ClN5O3S. The topological polar surface area (TPSA) is 80.6 Å². The normalized spacial score (nSPS) is 15.6. The third kappa shape index (κ3) is 5.38. The summed E-state index contributed by atoms with van der Waals surface area (Å²) < 4.78 is 7.05. The van der Waals surface area contributed by atoms with Crippen LogP contribution in [-0.2, 0) is 11.8 Å². The number of nitrogens with zero attached hydrogens (tertiary/aromatic N) is 5. The van der Waals surface area contributed by atoms with E-state index >= 15 is 0 Å². The number of piperazine rings is 1. The van der Waals surface area contributed by atoms with Gasteiger partial charge in [-0.3, -0.25) is 9.48 Å². The number of rotatable bonds is 4. The lowest BCUT2D eigenvalue weighted by molar-refractivity contribution is 0.0412. The Labute approximate surface area is 227 Å². The maximum absolute atomic E-state index is 13.3. The molecule has 0 saturated carbocycles. The molecule has 8 nitrogen and oxygen atoms in total. The van der Waals surface area contributed by atoms with Crippen molar-refractivity contribution in [2.24, 2.45) is 7.05 Å². The van der Waals surface area contributed by atoms with E-state index < -0.39 is 0 Å². The van der Waals surface area contributed by atoms with Crippen molar-refractivity contribution in [3.8, 4) is 11.3 Å². The Bertz CT molecular complexity index is 1470. The molecule has 1 fully saturated rings. The molecule has 0 aliphatic carbocycles. The number of ether oxygens (including phenoxy) is 1. The van der Waals surface area contributed by atoms with Crippen LogP contribution in [0.4, 0.5) is 4.79 Å². The van der Waals surface area contributed by atoms with Gasteiger partial charge in [0.2, 0.25) is 0 Å². The Kier molecular flexibility index (Phi) is 7.94. The predicted molar refractivity (Wildman–Crippen MR) is 151 cm³/mol. The van der Waals surface area contributed by atoms with Crippen molar-refractivity contribution in [1.82, 2.24) is 24.6 Å². The van der Waals surface area contributed by atoms with E-state index in [2.05, 4.69) is 5.10 Å². The molecule has 1 aliphatic rings. The minimum absolute atomic E-state index is 0. The molecule has 1 aliphatic heterocycles. The van der Waals surface area contributed by atoms with Crippen molar-refractivity contribution in [3.63, 3.8) is 0 Å². The summed E-state index contributed by atoms with van der Waals surface area (Å²) in [6.45, 7) is 5.61. The van der Waals surface area contributed by atoms with E-state index in [1.54, 1.807) is 26.6 Å². The fourth-order valence-electron chi connectivity index (χ4n) is 4.64. The molecule has 2 aromatic heterocycles. The van der Waals surface area contributed by atoms with E-state index in [0.29, 0.717) is 42.3 Å². The minimum Gasteiger partial charge on any atom is -0.449 e. The van der Waals surface area contributed by atoms with Gasteiger partial charge in [0.15, 0.2) is 0 Å². The molecule has 1 saturated heterocycles. The standard InChI is InChI=1S/C27H28ClN5O3.H2S/c1-4-11-36-27(35)33-10-9-32(15-17(33)2)26(34)19-5-7-21-22(28)14-24(29-25(21)13-19)18-6-8-23-20(12-18)16-31(3)30-23;/h5-8,12-14,16-17H,4,9-11,15H2,1-3H3;1H2/t17-;/m0./s1. The quantitative estimate of drug-likeness (QED) is 0.354. The zero-order valence-electron chi connectivity index (χ0n) is 21.1. The highest BCUT2D eigenvalue weighted by Gasteiger charge is 2.31. The molecule has 2 aromatic carbocycles. The predicted octanol–water partition coefficient (Wildman–Crippen LogP) is 5.25. The van der Waals surface area contributed by atoms with Gasteiger partial charge in [-0.1, -0.05) is 30.7 Å². The molecule has 5 rings (SSSR count). The first-order valence-electron chi connectivity index (χ1n) is 12.1. The van der Waals surface area contributed by atoms with Crippen LogP contribution in [0.1, 0.15) is 30.6 Å². The second-order valence-electron chi connectivity index (χ2n) is 9.21. The third-order valence-electron chi connectivity index (χ3n) is 6.50. The van der Waals surface area contributed by atoms with Crippen LogP contribution >= 0.6 is 25.1 Å². The first-order chi connectivity index (χ1) is 17.3. The number of benzene rings is 2. The number of halogens is 1. The molecule has 0 unspecified atom stereocenters. The van der Waals surface area contributed by atoms with Gasteiger partial charge in [-0.15, -0.1) is 0 Å². The van der Waals surface area contributed by atoms with Gasteiger partial charge in [0.05, 0.1) is 28.4 Å². The summed E-state index contributed by atoms with van der Waals surface area (Å²) in [7, 11) is 1.89. The van der Waals surface area contributed by atoms with E-state index in [1.807, 2.05) is 57.4 Å². The monoisotopic (exact) mass is 539 g/mol. The smallest absolute Gasteiger partial charge is 0.410 e. The van der Waals surface area contributed by atoms with Gasteiger partial charge in [0.1, 0.15) is 0 Å². The van der Waals surface area contributed by atoms with Gasteiger partial charge in [-0.25, -0.2) is 9.78 Å². The Morgan fingerprint density at radius 2 is 1.92 bits per heavy atom. The van der Waals surface area contributed by atoms with E-state index in [0.717, 1.165) is 34.0 Å². The molecule has 4 aromatic rings. The number of carbonyl (C=O) groups is 2. The van der Waals surface area contributed by atoms with Crippen molar-refractivity contribution in [1.29, 1.82) is 0 Å². The number of hydrogen-bond donors (Lipinski definition) is 0. The van der Waals surface area contributed by atoms with Crippen molar-refractivity contribution in [2.45, 2.75) is 26.3 Å². The summed E-state index contributed by atoms with van der Waals surface area (Å²) in [5.74, 6) is -0.0922. The number of aromatic nitrogens is 3. The van der Waals surface area contributed by atoms with Crippen molar-refractivity contribution in [3.05, 3.63) is 59.2 Å². The van der Waals surface area contributed by atoms with E-state index in [1.165, 1.54) is 0 Å². The van der Waals surface area contributed by atoms with Crippen LogP contribution < -0.4 is 0 Å². The molecular weight excluding hydrogens is 510 g/mol. The second kappa shape index (κ2) is 11.0. The average molecular weight is 540 g/mol. The van der Waals surface area contributed by atoms with Crippen molar-refractivity contribution in [2.75, 3.05) is 26.2 Å². The van der Waals surface area contributed by atoms with Gasteiger partial charge in [-0.05, 0) is 43.7 Å². The number of hydrogen-bond acceptors (Lipinski definition) is 5. The van der Waals surface area contributed by atoms with Crippen molar-refractivity contribution < 1.29 is 14.3 Å². The third-order valence-corrected chi connectivity index (χ3v) is 6.81. The van der Waals surface area contributed by atoms with Crippen LogP contribution in [0.5, 0.6) is 0 Å². The highest BCUT2D eigenvalue weighted by atomic mass is 35.5. The number of fused-ring (bicyclic) bond motifs is 2. The van der Waals surface area contributed by atoms with E-state index in [-0.39, 0.29) is 31.5 Å². The molecule has 10 heteroatoms. The Hall–Kier alpha value is -3.30. The fraction of sp³-hybridized carbons (Fsp3) is 0.333. The molecule has 1 atom stereocenters. The summed E-state index contributed by atoms with van der Waals surface area (Å²) in [5.41, 5.74) is 3.77. The van der Waals surface area contributed by atoms with Crippen LogP contribution in [-0.4, -0.2) is 68.8 Å². The molecule has 37 heavy (non-hydrogen) atoms. The fourth-order valence-corrected chi connectivity index (χ4v) is 4.91. The maximum Gasteiger partial charge on any atom is 0.410 e. The SMILES string of the molecule is CCCOC(=O)N1CCN(C(=O)c2ccc3c(Cl)cc(-c4ccc5nn(C)cc5c4)nc3c2)C[C@@H]1C.S. The van der Waals surface area contributed by atoms with Crippen LogP contribution in [0, 0.1) is 0 Å². The van der Waals surface area contributed by atoms with Crippen LogP contribution in [0.25, 0.3) is 33.1 Å². The van der Waals surface area contributed by atoms with Crippen LogP contribution in [0.3, 0.4) is 0 Å². The van der Waals surface area contributed by atoms with Crippen LogP contribution in [0.15, 0.2) is 48.7 Å². The molecule has 0 spiro atoms. The summed E-state index contributed by atoms with van der Waals surface area (Å²) in [4.78, 5) is 33.9. The highest BCUT2D eigenvalue weighted by Crippen LogP contribution is 2.30. The first kappa shape index (κ1) is 26.8. The van der Waals surface area contributed by atoms with Crippen molar-refractivity contribution >= 4 is 58.9 Å². The zero-order valence-corrected chi connectivity index (χ0v) is 22.8. The van der Waals surface area contributed by atoms with Gasteiger partial charge in [0, 0.05) is 60.8 Å². The largest absolute Gasteiger partial charge is 0.449 e. The lowest BCUT2D eigenvalue weighted by Gasteiger charge is -2.39. The Morgan fingerprint density at radius 3 is 2.68 bits per heavy atom. The van der Waals surface area contributed by atoms with Gasteiger partial charge in [0.25, 0.3) is 5.91 Å². The summed E-state index contributed by atoms with van der Waals surface area (Å²) >= 11 is 6.61. The van der Waals surface area contributed by atoms with E-state index in [9.17, 15) is 9.59 Å². The first-order valence-corrected chi connectivity index (χ1v) is 12.5. The number of aryl methyl sites for hydroxylation is 1. The maximum atomic E-state index is 13.3. The molecule has 3 heterocycles. The van der Waals surface area contributed by atoms with Gasteiger partial charge in [-0.2, -0.15) is 18.6 Å². The number of pyridine rings is 1. The molecule has 194 valence electrons. The molecule has 0 radical (unpaired) electrons. The lowest BCUT2D eigenvalue weighted by atomic mass is 10.1. The Morgan fingerprint density at radius 1 is 1.11 bits per heavy atom. The van der Waals surface area contributed by atoms with E-state index in [4.69, 9.17) is 21.3 Å². The Balaban J connectivity index is 0.00000320. The lowest BCUT2D eigenvalue weighted by Crippen LogP contribution is -2.55. The molecule has 0 N–H and O–H groups in total. The van der Waals surface area contributed by atoms with Crippen LogP contribution in [0.2, 0.25) is 5.02 Å². The van der Waals surface area contributed by atoms with Gasteiger partial charge < -0.3 is 14.5 Å². The highest BCUT2D eigenvalue weighted by molar-refractivity contribution is 7.59. The summed E-state index contributed by atoms with van der Waals surface area (Å²) in [6, 6.07) is 13.1. The molecule has 2 amide bonds. The zero-order chi connectivity index (χ0) is 25.4. The average Bonchev–Trinajstić information content (AvgIpc) is 3.25. The summed E-state index contributed by atoms with van der Waals surface area (Å²) in [5, 5.41) is 6.81. The minimum atomic E-state index is -0.321. The molecule has 0 bridgehead atoms. The van der Waals surface area contributed by atoms with Gasteiger partial charge >= 0.3 is 6.09 Å².